The van der Waals surface area contributed by atoms with Crippen LogP contribution >= 0.6 is 0 Å². The molecular formula is C21H21N3O2. The van der Waals surface area contributed by atoms with E-state index in [1.54, 1.807) is 30.5 Å². The molecule has 0 aliphatic heterocycles. The Balaban J connectivity index is 1.83. The van der Waals surface area contributed by atoms with Gasteiger partial charge in [-0.1, -0.05) is 18.2 Å². The lowest BCUT2D eigenvalue weighted by Crippen LogP contribution is -2.14. The van der Waals surface area contributed by atoms with Gasteiger partial charge >= 0.3 is 0 Å². The standard InChI is InChI=1S/C21H21N3O2/c1-14-11-20(15(2)24(14)13-19-8-4-5-10-22-19)21(26)23-18-9-6-7-17(12-18)16(3)25/h4-12H,13H2,1-3H3,(H,23,26). The van der Waals surface area contributed by atoms with E-state index in [1.807, 2.05) is 38.1 Å². The highest BCUT2D eigenvalue weighted by molar-refractivity contribution is 6.06. The third-order valence-electron chi connectivity index (χ3n) is 4.39. The summed E-state index contributed by atoms with van der Waals surface area (Å²) in [5, 5.41) is 2.88. The third kappa shape index (κ3) is 3.72. The molecule has 1 amide bonds. The second-order valence-corrected chi connectivity index (χ2v) is 6.28. The maximum Gasteiger partial charge on any atom is 0.257 e. The summed E-state index contributed by atoms with van der Waals surface area (Å²) >= 11 is 0. The number of pyridine rings is 1. The predicted octanol–water partition coefficient (Wildman–Crippen LogP) is 4.00. The van der Waals surface area contributed by atoms with Gasteiger partial charge < -0.3 is 9.88 Å². The minimum absolute atomic E-state index is 0.0327. The summed E-state index contributed by atoms with van der Waals surface area (Å²) in [7, 11) is 0. The minimum atomic E-state index is -0.189. The van der Waals surface area contributed by atoms with E-state index in [2.05, 4.69) is 14.9 Å². The molecule has 5 heteroatoms. The van der Waals surface area contributed by atoms with E-state index in [9.17, 15) is 9.59 Å². The molecule has 0 aliphatic carbocycles. The highest BCUT2D eigenvalue weighted by Gasteiger charge is 2.16. The van der Waals surface area contributed by atoms with Crippen LogP contribution < -0.4 is 5.32 Å². The van der Waals surface area contributed by atoms with Crippen LogP contribution in [-0.4, -0.2) is 21.2 Å². The van der Waals surface area contributed by atoms with Gasteiger partial charge in [-0.3, -0.25) is 14.6 Å². The Bertz CT molecular complexity index is 959. The fourth-order valence-corrected chi connectivity index (χ4v) is 2.94. The van der Waals surface area contributed by atoms with Crippen LogP contribution in [0, 0.1) is 13.8 Å². The number of benzene rings is 1. The summed E-state index contributed by atoms with van der Waals surface area (Å²) < 4.78 is 2.07. The van der Waals surface area contributed by atoms with Gasteiger partial charge in [-0.05, 0) is 51.1 Å². The van der Waals surface area contributed by atoms with Crippen molar-refractivity contribution in [2.75, 3.05) is 5.32 Å². The van der Waals surface area contributed by atoms with Gasteiger partial charge in [-0.25, -0.2) is 0 Å². The normalized spacial score (nSPS) is 10.6. The Morgan fingerprint density at radius 2 is 1.88 bits per heavy atom. The molecule has 0 radical (unpaired) electrons. The van der Waals surface area contributed by atoms with E-state index in [-0.39, 0.29) is 11.7 Å². The van der Waals surface area contributed by atoms with Crippen LogP contribution in [-0.2, 0) is 6.54 Å². The van der Waals surface area contributed by atoms with Crippen molar-refractivity contribution in [3.63, 3.8) is 0 Å². The van der Waals surface area contributed by atoms with Gasteiger partial charge in [0.25, 0.3) is 5.91 Å². The van der Waals surface area contributed by atoms with E-state index < -0.39 is 0 Å². The van der Waals surface area contributed by atoms with Crippen molar-refractivity contribution in [2.45, 2.75) is 27.3 Å². The number of nitrogens with one attached hydrogen (secondary N) is 1. The van der Waals surface area contributed by atoms with Crippen LogP contribution in [0.1, 0.15) is 44.7 Å². The van der Waals surface area contributed by atoms with Crippen LogP contribution in [0.5, 0.6) is 0 Å². The molecule has 0 fully saturated rings. The molecule has 2 heterocycles. The molecule has 0 saturated carbocycles. The number of rotatable bonds is 5. The molecular weight excluding hydrogens is 326 g/mol. The first-order valence-corrected chi connectivity index (χ1v) is 8.44. The first-order chi connectivity index (χ1) is 12.5. The molecule has 0 unspecified atom stereocenters. The summed E-state index contributed by atoms with van der Waals surface area (Å²) in [6, 6.07) is 14.6. The summed E-state index contributed by atoms with van der Waals surface area (Å²) in [6.45, 7) is 6.03. The topological polar surface area (TPSA) is 64.0 Å². The second kappa shape index (κ2) is 7.35. The third-order valence-corrected chi connectivity index (χ3v) is 4.39. The largest absolute Gasteiger partial charge is 0.342 e. The average Bonchev–Trinajstić information content (AvgIpc) is 2.91. The summed E-state index contributed by atoms with van der Waals surface area (Å²) in [6.07, 6.45) is 1.76. The Morgan fingerprint density at radius 1 is 1.08 bits per heavy atom. The van der Waals surface area contributed by atoms with Crippen LogP contribution in [0.3, 0.4) is 0 Å². The Kier molecular flexibility index (Phi) is 4.98. The highest BCUT2D eigenvalue weighted by Crippen LogP contribution is 2.19. The molecule has 5 nitrogen and oxygen atoms in total. The Morgan fingerprint density at radius 3 is 2.58 bits per heavy atom. The van der Waals surface area contributed by atoms with E-state index in [0.29, 0.717) is 23.4 Å². The van der Waals surface area contributed by atoms with Crippen molar-refractivity contribution in [1.82, 2.24) is 9.55 Å². The van der Waals surface area contributed by atoms with Crippen molar-refractivity contribution < 1.29 is 9.59 Å². The van der Waals surface area contributed by atoms with Crippen LogP contribution in [0.2, 0.25) is 0 Å². The molecule has 1 aromatic carbocycles. The predicted molar refractivity (Wildman–Crippen MR) is 102 cm³/mol. The number of nitrogens with zero attached hydrogens (tertiary/aromatic N) is 2. The molecule has 2 aromatic heterocycles. The van der Waals surface area contributed by atoms with Crippen molar-refractivity contribution in [3.05, 3.63) is 82.9 Å². The molecule has 0 aliphatic rings. The zero-order valence-electron chi connectivity index (χ0n) is 15.1. The number of anilines is 1. The number of aryl methyl sites for hydroxylation is 1. The van der Waals surface area contributed by atoms with Gasteiger partial charge in [-0.15, -0.1) is 0 Å². The SMILES string of the molecule is CC(=O)c1cccc(NC(=O)c2cc(C)n(Cc3ccccn3)c2C)c1. The molecule has 3 rings (SSSR count). The van der Waals surface area contributed by atoms with Crippen molar-refractivity contribution in [2.24, 2.45) is 0 Å². The highest BCUT2D eigenvalue weighted by atomic mass is 16.1. The average molecular weight is 347 g/mol. The van der Waals surface area contributed by atoms with Gasteiger partial charge in [0, 0.05) is 28.8 Å². The van der Waals surface area contributed by atoms with Gasteiger partial charge in [0.05, 0.1) is 17.8 Å². The van der Waals surface area contributed by atoms with Gasteiger partial charge in [0.15, 0.2) is 5.78 Å². The van der Waals surface area contributed by atoms with Crippen molar-refractivity contribution in [1.29, 1.82) is 0 Å². The zero-order valence-corrected chi connectivity index (χ0v) is 15.1. The lowest BCUT2D eigenvalue weighted by molar-refractivity contribution is 0.101. The number of amides is 1. The lowest BCUT2D eigenvalue weighted by atomic mass is 10.1. The second-order valence-electron chi connectivity index (χ2n) is 6.28. The molecule has 0 bridgehead atoms. The number of Topliss-reactive ketones (excluding diaryl/α,β-unsaturated/α-hetero) is 1. The number of carbonyl (C=O) groups is 2. The molecule has 0 atom stereocenters. The number of ketones is 1. The van der Waals surface area contributed by atoms with Gasteiger partial charge in [-0.2, -0.15) is 0 Å². The van der Waals surface area contributed by atoms with Crippen LogP contribution in [0.25, 0.3) is 0 Å². The number of hydrogen-bond donors (Lipinski definition) is 1. The molecule has 0 spiro atoms. The molecule has 0 saturated heterocycles. The van der Waals surface area contributed by atoms with Gasteiger partial charge in [0.1, 0.15) is 0 Å². The van der Waals surface area contributed by atoms with Gasteiger partial charge in [0.2, 0.25) is 0 Å². The fraction of sp³-hybridized carbons (Fsp3) is 0.190. The van der Waals surface area contributed by atoms with E-state index in [1.165, 1.54) is 6.92 Å². The zero-order chi connectivity index (χ0) is 18.7. The number of aromatic nitrogens is 2. The van der Waals surface area contributed by atoms with Crippen LogP contribution in [0.15, 0.2) is 54.7 Å². The first-order valence-electron chi connectivity index (χ1n) is 8.44. The number of carbonyl (C=O) groups excluding carboxylic acids is 2. The van der Waals surface area contributed by atoms with E-state index in [0.717, 1.165) is 17.1 Å². The summed E-state index contributed by atoms with van der Waals surface area (Å²) in [4.78, 5) is 28.6. The minimum Gasteiger partial charge on any atom is -0.342 e. The van der Waals surface area contributed by atoms with E-state index in [4.69, 9.17) is 0 Å². The molecule has 1 N–H and O–H groups in total. The molecule has 132 valence electrons. The summed E-state index contributed by atoms with van der Waals surface area (Å²) in [5.41, 5.74) is 4.62. The monoisotopic (exact) mass is 347 g/mol. The smallest absolute Gasteiger partial charge is 0.257 e. The van der Waals surface area contributed by atoms with Crippen molar-refractivity contribution in [3.8, 4) is 0 Å². The maximum atomic E-state index is 12.7. The maximum absolute atomic E-state index is 12.7. The van der Waals surface area contributed by atoms with Crippen LogP contribution in [0.4, 0.5) is 5.69 Å². The van der Waals surface area contributed by atoms with E-state index >= 15 is 0 Å². The summed E-state index contributed by atoms with van der Waals surface area (Å²) in [5.74, 6) is -0.222. The molecule has 26 heavy (non-hydrogen) atoms. The first kappa shape index (κ1) is 17.6. The number of hydrogen-bond acceptors (Lipinski definition) is 3. The lowest BCUT2D eigenvalue weighted by Gasteiger charge is -2.10. The van der Waals surface area contributed by atoms with Crippen molar-refractivity contribution >= 4 is 17.4 Å². The molecule has 3 aromatic rings. The quantitative estimate of drug-likeness (QED) is 0.710. The Labute approximate surface area is 152 Å². The fourth-order valence-electron chi connectivity index (χ4n) is 2.94. The Hall–Kier alpha value is -3.21.